The van der Waals surface area contributed by atoms with Gasteiger partial charge in [-0.25, -0.2) is 4.79 Å². The quantitative estimate of drug-likeness (QED) is 0.691. The van der Waals surface area contributed by atoms with E-state index in [1.807, 2.05) is 34.6 Å². The highest BCUT2D eigenvalue weighted by atomic mass is 16.6. The van der Waals surface area contributed by atoms with Gasteiger partial charge < -0.3 is 14.7 Å². The molecular weight excluding hydrogens is 206 g/mol. The molecule has 94 valence electrons. The van der Waals surface area contributed by atoms with E-state index in [0.29, 0.717) is 19.5 Å². The molecule has 0 aromatic rings. The van der Waals surface area contributed by atoms with Crippen molar-refractivity contribution in [3.8, 4) is 0 Å². The molecule has 0 saturated carbocycles. The topological polar surface area (TPSA) is 49.8 Å². The lowest BCUT2D eigenvalue weighted by Crippen LogP contribution is -2.51. The average molecular weight is 229 g/mol. The van der Waals surface area contributed by atoms with Crippen LogP contribution in [0.3, 0.4) is 0 Å². The summed E-state index contributed by atoms with van der Waals surface area (Å²) in [6.45, 7) is 10.6. The second-order valence-corrected chi connectivity index (χ2v) is 6.19. The zero-order valence-electron chi connectivity index (χ0n) is 10.9. The molecule has 1 saturated heterocycles. The van der Waals surface area contributed by atoms with Gasteiger partial charge in [-0.05, 0) is 27.2 Å². The highest BCUT2D eigenvalue weighted by Gasteiger charge is 2.37. The van der Waals surface area contributed by atoms with Crippen molar-refractivity contribution in [3.63, 3.8) is 0 Å². The van der Waals surface area contributed by atoms with Crippen LogP contribution in [0.1, 0.15) is 41.0 Å². The number of aliphatic hydroxyl groups is 1. The van der Waals surface area contributed by atoms with Gasteiger partial charge in [-0.1, -0.05) is 13.8 Å². The molecule has 0 spiro atoms. The first-order valence-corrected chi connectivity index (χ1v) is 5.78. The molecule has 0 unspecified atom stereocenters. The maximum Gasteiger partial charge on any atom is 0.410 e. The summed E-state index contributed by atoms with van der Waals surface area (Å²) in [4.78, 5) is 13.5. The van der Waals surface area contributed by atoms with Crippen molar-refractivity contribution in [1.29, 1.82) is 0 Å². The number of aliphatic hydroxyl groups excluding tert-OH is 1. The van der Waals surface area contributed by atoms with Crippen LogP contribution < -0.4 is 0 Å². The lowest BCUT2D eigenvalue weighted by Gasteiger charge is -2.41. The third-order valence-corrected chi connectivity index (χ3v) is 2.82. The molecule has 1 aliphatic heterocycles. The highest BCUT2D eigenvalue weighted by molar-refractivity contribution is 5.68. The van der Waals surface area contributed by atoms with E-state index in [-0.39, 0.29) is 17.6 Å². The van der Waals surface area contributed by atoms with Gasteiger partial charge in [0.2, 0.25) is 0 Å². The molecule has 0 aromatic carbocycles. The van der Waals surface area contributed by atoms with Crippen molar-refractivity contribution in [1.82, 2.24) is 4.90 Å². The fourth-order valence-electron chi connectivity index (χ4n) is 1.83. The fourth-order valence-corrected chi connectivity index (χ4v) is 1.83. The summed E-state index contributed by atoms with van der Waals surface area (Å²) in [6.07, 6.45) is -0.00893. The van der Waals surface area contributed by atoms with Crippen LogP contribution in [0.5, 0.6) is 0 Å². The first-order valence-electron chi connectivity index (χ1n) is 5.78. The number of piperidine rings is 1. The van der Waals surface area contributed by atoms with E-state index in [0.717, 1.165) is 0 Å². The summed E-state index contributed by atoms with van der Waals surface area (Å²) >= 11 is 0. The predicted molar refractivity (Wildman–Crippen MR) is 62.2 cm³/mol. The van der Waals surface area contributed by atoms with Crippen molar-refractivity contribution < 1.29 is 14.6 Å². The number of nitrogens with zero attached hydrogens (tertiary/aromatic N) is 1. The molecule has 4 nitrogen and oxygen atoms in total. The Balaban J connectivity index is 2.60. The third-order valence-electron chi connectivity index (χ3n) is 2.82. The number of likely N-dealkylation sites (tertiary alicyclic amines) is 1. The average Bonchev–Trinajstić information content (AvgIpc) is 2.06. The number of hydrogen-bond acceptors (Lipinski definition) is 3. The Kier molecular flexibility index (Phi) is 3.53. The van der Waals surface area contributed by atoms with Gasteiger partial charge >= 0.3 is 6.09 Å². The largest absolute Gasteiger partial charge is 0.444 e. The second kappa shape index (κ2) is 4.24. The molecule has 1 fully saturated rings. The van der Waals surface area contributed by atoms with Crippen LogP contribution >= 0.6 is 0 Å². The highest BCUT2D eigenvalue weighted by Crippen LogP contribution is 2.29. The fraction of sp³-hybridized carbons (Fsp3) is 0.917. The van der Waals surface area contributed by atoms with Gasteiger partial charge in [0.25, 0.3) is 0 Å². The second-order valence-electron chi connectivity index (χ2n) is 6.19. The van der Waals surface area contributed by atoms with Crippen LogP contribution in [0.2, 0.25) is 0 Å². The monoisotopic (exact) mass is 229 g/mol. The first-order chi connectivity index (χ1) is 7.12. The van der Waals surface area contributed by atoms with Crippen LogP contribution in [-0.2, 0) is 4.74 Å². The number of carbonyl (C=O) groups excluding carboxylic acids is 1. The number of rotatable bonds is 0. The van der Waals surface area contributed by atoms with Gasteiger partial charge in [-0.3, -0.25) is 0 Å². The van der Waals surface area contributed by atoms with Gasteiger partial charge in [-0.15, -0.1) is 0 Å². The van der Waals surface area contributed by atoms with Gasteiger partial charge in [0.15, 0.2) is 0 Å². The molecule has 0 aliphatic carbocycles. The molecule has 1 heterocycles. The molecule has 0 radical (unpaired) electrons. The molecule has 1 atom stereocenters. The minimum atomic E-state index is -0.461. The van der Waals surface area contributed by atoms with Gasteiger partial charge in [0.05, 0.1) is 6.10 Å². The lowest BCUT2D eigenvalue weighted by molar-refractivity contribution is -0.0378. The SMILES string of the molecule is CC(C)(C)OC(=O)N1CC[C@@H](O)C(C)(C)C1. The minimum Gasteiger partial charge on any atom is -0.444 e. The molecule has 0 bridgehead atoms. The number of amides is 1. The Morgan fingerprint density at radius 1 is 1.44 bits per heavy atom. The molecule has 0 aromatic heterocycles. The maximum absolute atomic E-state index is 11.8. The normalized spacial score (nSPS) is 25.4. The zero-order valence-corrected chi connectivity index (χ0v) is 10.9. The zero-order chi connectivity index (χ0) is 12.6. The van der Waals surface area contributed by atoms with E-state index in [4.69, 9.17) is 4.74 Å². The predicted octanol–water partition coefficient (Wildman–Crippen LogP) is 2.01. The number of ether oxygens (including phenoxy) is 1. The van der Waals surface area contributed by atoms with E-state index < -0.39 is 5.60 Å². The standard InChI is InChI=1S/C12H23NO3/c1-11(2,3)16-10(15)13-7-6-9(14)12(4,5)8-13/h9,14H,6-8H2,1-5H3/t9-/m1/s1. The Labute approximate surface area is 97.6 Å². The van der Waals surface area contributed by atoms with E-state index >= 15 is 0 Å². The smallest absolute Gasteiger partial charge is 0.410 e. The Hall–Kier alpha value is -0.770. The van der Waals surface area contributed by atoms with Crippen LogP contribution in [0.4, 0.5) is 4.79 Å². The van der Waals surface area contributed by atoms with Crippen molar-refractivity contribution in [2.75, 3.05) is 13.1 Å². The minimum absolute atomic E-state index is 0.255. The van der Waals surface area contributed by atoms with Gasteiger partial charge in [-0.2, -0.15) is 0 Å². The molecule has 16 heavy (non-hydrogen) atoms. The lowest BCUT2D eigenvalue weighted by atomic mass is 9.81. The summed E-state index contributed by atoms with van der Waals surface area (Å²) in [6, 6.07) is 0. The van der Waals surface area contributed by atoms with Gasteiger partial charge in [0.1, 0.15) is 5.60 Å². The van der Waals surface area contributed by atoms with Crippen LogP contribution in [-0.4, -0.2) is 40.9 Å². The Morgan fingerprint density at radius 3 is 2.44 bits per heavy atom. The summed E-state index contributed by atoms with van der Waals surface area (Å²) in [5.41, 5.74) is -0.716. The van der Waals surface area contributed by atoms with E-state index in [9.17, 15) is 9.90 Å². The summed E-state index contributed by atoms with van der Waals surface area (Å²) in [7, 11) is 0. The van der Waals surface area contributed by atoms with Crippen molar-refractivity contribution in [2.45, 2.75) is 52.7 Å². The van der Waals surface area contributed by atoms with Crippen LogP contribution in [0, 0.1) is 5.41 Å². The maximum atomic E-state index is 11.8. The van der Waals surface area contributed by atoms with E-state index in [1.165, 1.54) is 0 Å². The molecule has 1 N–H and O–H groups in total. The Bertz CT molecular complexity index is 268. The van der Waals surface area contributed by atoms with Crippen molar-refractivity contribution in [3.05, 3.63) is 0 Å². The third kappa shape index (κ3) is 3.37. The summed E-state index contributed by atoms with van der Waals surface area (Å²) in [5, 5.41) is 9.79. The first kappa shape index (κ1) is 13.3. The molecular formula is C12H23NO3. The molecule has 1 amide bonds. The van der Waals surface area contributed by atoms with Gasteiger partial charge in [0, 0.05) is 18.5 Å². The van der Waals surface area contributed by atoms with Crippen molar-refractivity contribution >= 4 is 6.09 Å². The summed E-state index contributed by atoms with van der Waals surface area (Å²) in [5.74, 6) is 0. The molecule has 1 aliphatic rings. The number of hydrogen-bond donors (Lipinski definition) is 1. The summed E-state index contributed by atoms with van der Waals surface area (Å²) < 4.78 is 5.31. The van der Waals surface area contributed by atoms with E-state index in [2.05, 4.69) is 0 Å². The van der Waals surface area contributed by atoms with Crippen LogP contribution in [0.25, 0.3) is 0 Å². The van der Waals surface area contributed by atoms with Crippen LogP contribution in [0.15, 0.2) is 0 Å². The number of carbonyl (C=O) groups is 1. The molecule has 1 rings (SSSR count). The van der Waals surface area contributed by atoms with E-state index in [1.54, 1.807) is 4.90 Å². The Morgan fingerprint density at radius 2 is 2.00 bits per heavy atom. The molecule has 4 heteroatoms. The van der Waals surface area contributed by atoms with Crippen molar-refractivity contribution in [2.24, 2.45) is 5.41 Å².